The van der Waals surface area contributed by atoms with Gasteiger partial charge in [-0.2, -0.15) is 4.39 Å². The van der Waals surface area contributed by atoms with Crippen LogP contribution in [0.3, 0.4) is 0 Å². The number of amides is 1. The Hall–Kier alpha value is -4.20. The van der Waals surface area contributed by atoms with E-state index < -0.39 is 29.5 Å². The van der Waals surface area contributed by atoms with Crippen molar-refractivity contribution in [3.8, 4) is 5.75 Å². The van der Waals surface area contributed by atoms with E-state index in [-0.39, 0.29) is 24.1 Å². The summed E-state index contributed by atoms with van der Waals surface area (Å²) in [5, 5.41) is 12.9. The van der Waals surface area contributed by atoms with Gasteiger partial charge in [0, 0.05) is 27.7 Å². The van der Waals surface area contributed by atoms with Crippen LogP contribution in [0.15, 0.2) is 54.6 Å². The third kappa shape index (κ3) is 5.71. The molecule has 0 saturated heterocycles. The molecule has 1 heterocycles. The van der Waals surface area contributed by atoms with Gasteiger partial charge in [-0.05, 0) is 74.6 Å². The number of carbonyl (C=O) groups is 2. The molecule has 4 aromatic rings. The number of halogens is 2. The van der Waals surface area contributed by atoms with Crippen molar-refractivity contribution in [3.63, 3.8) is 0 Å². The Balaban J connectivity index is 1.59. The van der Waals surface area contributed by atoms with Crippen molar-refractivity contribution in [2.24, 2.45) is 0 Å². The molecule has 0 saturated carbocycles. The van der Waals surface area contributed by atoms with E-state index in [2.05, 4.69) is 31.3 Å². The summed E-state index contributed by atoms with van der Waals surface area (Å²) >= 11 is 0. The van der Waals surface area contributed by atoms with Crippen molar-refractivity contribution in [3.05, 3.63) is 99.7 Å². The van der Waals surface area contributed by atoms with E-state index >= 15 is 0 Å². The molecule has 0 aliphatic rings. The molecule has 0 spiro atoms. The Morgan fingerprint density at radius 3 is 2.33 bits per heavy atom. The van der Waals surface area contributed by atoms with Crippen LogP contribution in [0.5, 0.6) is 5.75 Å². The topological polar surface area (TPSA) is 80.6 Å². The average molecular weight is 549 g/mol. The lowest BCUT2D eigenvalue weighted by Crippen LogP contribution is -2.26. The normalized spacial score (nSPS) is 12.9. The van der Waals surface area contributed by atoms with Crippen LogP contribution in [-0.2, 0) is 11.3 Å². The lowest BCUT2D eigenvalue weighted by molar-refractivity contribution is -0.144. The number of hydrogen-bond acceptors (Lipinski definition) is 3. The molecule has 6 nitrogen and oxygen atoms in total. The number of aromatic nitrogens is 1. The van der Waals surface area contributed by atoms with E-state index in [1.165, 1.54) is 24.6 Å². The van der Waals surface area contributed by atoms with Gasteiger partial charge in [0.1, 0.15) is 0 Å². The lowest BCUT2D eigenvalue weighted by atomic mass is 9.98. The van der Waals surface area contributed by atoms with Gasteiger partial charge in [0.25, 0.3) is 5.91 Å². The monoisotopic (exact) mass is 548 g/mol. The van der Waals surface area contributed by atoms with Crippen molar-refractivity contribution >= 4 is 22.8 Å². The number of benzene rings is 3. The van der Waals surface area contributed by atoms with Gasteiger partial charge in [0.2, 0.25) is 5.82 Å². The van der Waals surface area contributed by atoms with Crippen molar-refractivity contribution in [1.29, 1.82) is 0 Å². The molecule has 40 heavy (non-hydrogen) atoms. The van der Waals surface area contributed by atoms with Crippen LogP contribution in [0.2, 0.25) is 0 Å². The zero-order chi connectivity index (χ0) is 29.3. The average Bonchev–Trinajstić information content (AvgIpc) is 3.16. The molecule has 0 bridgehead atoms. The van der Waals surface area contributed by atoms with Gasteiger partial charge < -0.3 is 19.7 Å². The van der Waals surface area contributed by atoms with Gasteiger partial charge in [0.15, 0.2) is 17.7 Å². The summed E-state index contributed by atoms with van der Waals surface area (Å²) in [7, 11) is 0. The first-order valence-corrected chi connectivity index (χ1v) is 13.3. The number of aryl methyl sites for hydroxylation is 1. The van der Waals surface area contributed by atoms with E-state index in [1.54, 1.807) is 6.07 Å². The lowest BCUT2D eigenvalue weighted by Gasteiger charge is -2.17. The van der Waals surface area contributed by atoms with Gasteiger partial charge in [-0.1, -0.05) is 44.2 Å². The number of rotatable bonds is 9. The number of carboxylic acids is 1. The highest BCUT2D eigenvalue weighted by atomic mass is 19.2. The number of nitrogens with zero attached hydrogens (tertiary/aromatic N) is 1. The summed E-state index contributed by atoms with van der Waals surface area (Å²) in [6.45, 7) is 11.3. The van der Waals surface area contributed by atoms with Crippen LogP contribution >= 0.6 is 0 Å². The van der Waals surface area contributed by atoms with Crippen molar-refractivity contribution in [1.82, 2.24) is 9.88 Å². The summed E-state index contributed by atoms with van der Waals surface area (Å²) in [5.41, 5.74) is 5.40. The Kier molecular flexibility index (Phi) is 8.28. The second-order valence-corrected chi connectivity index (χ2v) is 10.5. The van der Waals surface area contributed by atoms with Crippen LogP contribution in [0.4, 0.5) is 8.78 Å². The number of carbonyl (C=O) groups excluding carboxylic acids is 1. The third-order valence-electron chi connectivity index (χ3n) is 7.43. The summed E-state index contributed by atoms with van der Waals surface area (Å²) in [6.07, 6.45) is -1.32. The molecule has 1 unspecified atom stereocenters. The molecule has 2 N–H and O–H groups in total. The molecule has 4 rings (SSSR count). The SMILES string of the molecule is Cc1c(C)n(Cc2ccc(OC(C)C(=O)O)c(F)c2F)c2ccc(C(=O)N[C@@H](C)c3cccc(C(C)C)c3)cc12. The molecule has 0 aliphatic heterocycles. The number of nitrogens with one attached hydrogen (secondary N) is 1. The van der Waals surface area contributed by atoms with Crippen LogP contribution in [0.1, 0.15) is 78.0 Å². The zero-order valence-electron chi connectivity index (χ0n) is 23.5. The minimum atomic E-state index is -1.32. The molecule has 3 aromatic carbocycles. The smallest absolute Gasteiger partial charge is 0.344 e. The third-order valence-corrected chi connectivity index (χ3v) is 7.43. The first-order chi connectivity index (χ1) is 18.9. The fourth-order valence-corrected chi connectivity index (χ4v) is 4.74. The minimum Gasteiger partial charge on any atom is -0.479 e. The van der Waals surface area contributed by atoms with E-state index in [0.717, 1.165) is 27.7 Å². The van der Waals surface area contributed by atoms with Crippen molar-refractivity contribution in [2.45, 2.75) is 66.2 Å². The summed E-state index contributed by atoms with van der Waals surface area (Å²) in [4.78, 5) is 24.2. The second kappa shape index (κ2) is 11.5. The van der Waals surface area contributed by atoms with Crippen LogP contribution < -0.4 is 10.1 Å². The van der Waals surface area contributed by atoms with E-state index in [9.17, 15) is 18.4 Å². The maximum Gasteiger partial charge on any atom is 0.344 e. The number of carboxylic acid groups (broad SMARTS) is 1. The highest BCUT2D eigenvalue weighted by Crippen LogP contribution is 2.30. The Morgan fingerprint density at radius 1 is 0.950 bits per heavy atom. The molecule has 2 atom stereocenters. The van der Waals surface area contributed by atoms with Crippen LogP contribution in [0.25, 0.3) is 10.9 Å². The molecular weight excluding hydrogens is 514 g/mol. The number of hydrogen-bond donors (Lipinski definition) is 2. The van der Waals surface area contributed by atoms with E-state index in [1.807, 2.05) is 49.6 Å². The first-order valence-electron chi connectivity index (χ1n) is 13.3. The standard InChI is InChI=1S/C32H34F2N2O4/c1-17(2)22-8-7-9-23(14-22)19(4)35-31(37)24-10-12-27-26(15-24)18(3)20(5)36(27)16-25-11-13-28(30(34)29(25)33)40-21(6)32(38)39/h7-15,17,19,21H,16H2,1-6H3,(H,35,37)(H,38,39)/t19-,21?/m0/s1. The maximum atomic E-state index is 15.0. The Labute approximate surface area is 232 Å². The van der Waals surface area contributed by atoms with Gasteiger partial charge in [-0.25, -0.2) is 9.18 Å². The fourth-order valence-electron chi connectivity index (χ4n) is 4.74. The van der Waals surface area contributed by atoms with Gasteiger partial charge in [0.05, 0.1) is 12.6 Å². The Morgan fingerprint density at radius 2 is 1.65 bits per heavy atom. The molecule has 210 valence electrons. The molecule has 0 radical (unpaired) electrons. The molecule has 1 amide bonds. The van der Waals surface area contributed by atoms with Crippen LogP contribution in [0, 0.1) is 25.5 Å². The fraction of sp³-hybridized carbons (Fsp3) is 0.312. The summed E-state index contributed by atoms with van der Waals surface area (Å²) < 4.78 is 36.6. The van der Waals surface area contributed by atoms with Gasteiger partial charge in [-0.15, -0.1) is 0 Å². The molecule has 1 aromatic heterocycles. The highest BCUT2D eigenvalue weighted by molar-refractivity contribution is 5.99. The predicted octanol–water partition coefficient (Wildman–Crippen LogP) is 7.05. The molecular formula is C32H34F2N2O4. The number of fused-ring (bicyclic) bond motifs is 1. The predicted molar refractivity (Wildman–Crippen MR) is 151 cm³/mol. The number of ether oxygens (including phenoxy) is 1. The van der Waals surface area contributed by atoms with E-state index in [4.69, 9.17) is 9.84 Å². The summed E-state index contributed by atoms with van der Waals surface area (Å²) in [6, 6.07) is 16.0. The van der Waals surface area contributed by atoms with Crippen molar-refractivity contribution < 1.29 is 28.2 Å². The van der Waals surface area contributed by atoms with Crippen molar-refractivity contribution in [2.75, 3.05) is 0 Å². The van der Waals surface area contributed by atoms with Gasteiger partial charge in [-0.3, -0.25) is 4.79 Å². The molecule has 8 heteroatoms. The molecule has 0 fully saturated rings. The quantitative estimate of drug-likeness (QED) is 0.235. The van der Waals surface area contributed by atoms with E-state index in [0.29, 0.717) is 11.5 Å². The maximum absolute atomic E-state index is 15.0. The first kappa shape index (κ1) is 28.8. The minimum absolute atomic E-state index is 0.0441. The Bertz CT molecular complexity index is 1590. The largest absolute Gasteiger partial charge is 0.479 e. The molecule has 0 aliphatic carbocycles. The summed E-state index contributed by atoms with van der Waals surface area (Å²) in [5.74, 6) is -3.88. The zero-order valence-corrected chi connectivity index (χ0v) is 23.5. The second-order valence-electron chi connectivity index (χ2n) is 10.5. The number of aliphatic carboxylic acids is 1. The van der Waals surface area contributed by atoms with Crippen LogP contribution in [-0.4, -0.2) is 27.7 Å². The van der Waals surface area contributed by atoms with Gasteiger partial charge >= 0.3 is 5.97 Å². The highest BCUT2D eigenvalue weighted by Gasteiger charge is 2.21.